The van der Waals surface area contributed by atoms with Crippen LogP contribution in [0.1, 0.15) is 10.4 Å². The van der Waals surface area contributed by atoms with Gasteiger partial charge >= 0.3 is 5.69 Å². The summed E-state index contributed by atoms with van der Waals surface area (Å²) >= 11 is 0. The number of anilines is 3. The van der Waals surface area contributed by atoms with Gasteiger partial charge in [-0.25, -0.2) is 18.7 Å². The Bertz CT molecular complexity index is 1340. The Morgan fingerprint density at radius 2 is 1.72 bits per heavy atom. The molecule has 1 aromatic heterocycles. The minimum atomic E-state index is -0.961. The zero-order valence-electron chi connectivity index (χ0n) is 16.2. The van der Waals surface area contributed by atoms with Crippen LogP contribution in [0, 0.1) is 21.7 Å². The number of nitrogens with one attached hydrogen (secondary N) is 3. The van der Waals surface area contributed by atoms with E-state index in [1.165, 1.54) is 0 Å². The Morgan fingerprint density at radius 1 is 0.969 bits per heavy atom. The Hall–Kier alpha value is -4.67. The van der Waals surface area contributed by atoms with Gasteiger partial charge in [-0.3, -0.25) is 25.8 Å². The molecule has 0 spiro atoms. The summed E-state index contributed by atoms with van der Waals surface area (Å²) in [5.41, 5.74) is 4.28. The number of fused-ring (bicyclic) bond motifs is 1. The molecule has 9 nitrogen and oxygen atoms in total. The average Bonchev–Trinajstić information content (AvgIpc) is 2.78. The van der Waals surface area contributed by atoms with Crippen LogP contribution in [-0.4, -0.2) is 20.8 Å². The van der Waals surface area contributed by atoms with Gasteiger partial charge in [-0.1, -0.05) is 36.4 Å². The van der Waals surface area contributed by atoms with E-state index >= 15 is 0 Å². The van der Waals surface area contributed by atoms with Crippen molar-refractivity contribution in [2.45, 2.75) is 0 Å². The van der Waals surface area contributed by atoms with Gasteiger partial charge in [-0.15, -0.1) is 0 Å². The molecule has 4 rings (SSSR count). The molecule has 3 N–H and O–H groups in total. The first-order chi connectivity index (χ1) is 15.4. The summed E-state index contributed by atoms with van der Waals surface area (Å²) in [6.45, 7) is 0. The van der Waals surface area contributed by atoms with Crippen molar-refractivity contribution in [2.75, 3.05) is 10.7 Å². The smallest absolute Gasteiger partial charge is 0.332 e. The van der Waals surface area contributed by atoms with Gasteiger partial charge in [-0.05, 0) is 29.0 Å². The summed E-state index contributed by atoms with van der Waals surface area (Å²) in [6, 6.07) is 15.1. The molecule has 160 valence electrons. The van der Waals surface area contributed by atoms with Gasteiger partial charge in [0.15, 0.2) is 0 Å². The number of aromatic nitrogens is 2. The molecule has 0 aliphatic rings. The Balaban J connectivity index is 1.60. The molecule has 0 saturated heterocycles. The summed E-state index contributed by atoms with van der Waals surface area (Å²) in [5, 5.41) is 15.6. The number of carbonyl (C=O) groups excluding carboxylic acids is 1. The van der Waals surface area contributed by atoms with Gasteiger partial charge < -0.3 is 5.32 Å². The Morgan fingerprint density at radius 3 is 2.50 bits per heavy atom. The zero-order valence-corrected chi connectivity index (χ0v) is 16.2. The van der Waals surface area contributed by atoms with E-state index in [2.05, 4.69) is 26.1 Å². The maximum Gasteiger partial charge on any atom is 0.355 e. The number of benzene rings is 3. The maximum absolute atomic E-state index is 14.0. The van der Waals surface area contributed by atoms with Gasteiger partial charge in [0.2, 0.25) is 11.6 Å². The lowest BCUT2D eigenvalue weighted by molar-refractivity contribution is -0.383. The fraction of sp³-hybridized carbons (Fsp3) is 0. The van der Waals surface area contributed by atoms with E-state index in [4.69, 9.17) is 0 Å². The normalized spacial score (nSPS) is 10.6. The van der Waals surface area contributed by atoms with Crippen molar-refractivity contribution >= 4 is 39.7 Å². The van der Waals surface area contributed by atoms with E-state index in [9.17, 15) is 23.7 Å². The van der Waals surface area contributed by atoms with Crippen LogP contribution in [-0.2, 0) is 0 Å². The van der Waals surface area contributed by atoms with Crippen LogP contribution in [0.5, 0.6) is 0 Å². The third-order valence-corrected chi connectivity index (χ3v) is 4.52. The summed E-state index contributed by atoms with van der Waals surface area (Å²) < 4.78 is 27.1. The lowest BCUT2D eigenvalue weighted by Gasteiger charge is -2.12. The standard InChI is InChI=1S/C21H14F2N6O3/c22-13-8-9-17(16(23)10-13)26-19-18(29(31)32)20(25-11-24-19)27-28-21(30)15-7-3-5-12-4-1-2-6-14(12)15/h1-11H,(H,28,30)(H2,24,25,26,27). The van der Waals surface area contributed by atoms with Crippen LogP contribution in [0.2, 0.25) is 0 Å². The number of carbonyl (C=O) groups is 1. The lowest BCUT2D eigenvalue weighted by atomic mass is 10.0. The summed E-state index contributed by atoms with van der Waals surface area (Å²) in [5.74, 6) is -2.99. The second-order valence-corrected chi connectivity index (χ2v) is 6.53. The highest BCUT2D eigenvalue weighted by Gasteiger charge is 2.24. The second-order valence-electron chi connectivity index (χ2n) is 6.53. The number of amides is 1. The molecule has 11 heteroatoms. The molecule has 0 bridgehead atoms. The number of hydrazine groups is 1. The van der Waals surface area contributed by atoms with Crippen LogP contribution < -0.4 is 16.2 Å². The first-order valence-electron chi connectivity index (χ1n) is 9.19. The molecule has 0 radical (unpaired) electrons. The van der Waals surface area contributed by atoms with Gasteiger partial charge in [0, 0.05) is 11.6 Å². The highest BCUT2D eigenvalue weighted by molar-refractivity contribution is 6.07. The van der Waals surface area contributed by atoms with Crippen molar-refractivity contribution in [3.8, 4) is 0 Å². The average molecular weight is 436 g/mol. The molecule has 32 heavy (non-hydrogen) atoms. The molecular formula is C21H14F2N6O3. The minimum Gasteiger partial charge on any atom is -0.332 e. The first kappa shape index (κ1) is 20.6. The minimum absolute atomic E-state index is 0.223. The van der Waals surface area contributed by atoms with Gasteiger partial charge in [0.1, 0.15) is 18.0 Å². The third-order valence-electron chi connectivity index (χ3n) is 4.52. The van der Waals surface area contributed by atoms with Crippen molar-refractivity contribution < 1.29 is 18.5 Å². The van der Waals surface area contributed by atoms with Gasteiger partial charge in [0.05, 0.1) is 10.6 Å². The van der Waals surface area contributed by atoms with Crippen LogP contribution in [0.4, 0.5) is 31.8 Å². The number of rotatable bonds is 6. The first-order valence-corrected chi connectivity index (χ1v) is 9.19. The third kappa shape index (κ3) is 4.12. The van der Waals surface area contributed by atoms with Crippen molar-refractivity contribution in [3.05, 3.63) is 94.3 Å². The van der Waals surface area contributed by atoms with E-state index in [0.717, 1.165) is 23.8 Å². The summed E-state index contributed by atoms with van der Waals surface area (Å²) in [4.78, 5) is 31.1. The van der Waals surface area contributed by atoms with E-state index < -0.39 is 28.2 Å². The number of hydrogen-bond acceptors (Lipinski definition) is 7. The van der Waals surface area contributed by atoms with Crippen molar-refractivity contribution in [2.24, 2.45) is 0 Å². The SMILES string of the molecule is O=C(NNc1ncnc(Nc2ccc(F)cc2F)c1[N+](=O)[O-])c1cccc2ccccc12. The highest BCUT2D eigenvalue weighted by Crippen LogP contribution is 2.31. The topological polar surface area (TPSA) is 122 Å². The molecule has 1 amide bonds. The van der Waals surface area contributed by atoms with Crippen LogP contribution in [0.3, 0.4) is 0 Å². The Kier molecular flexibility index (Phi) is 5.53. The number of hydrogen-bond donors (Lipinski definition) is 3. The fourth-order valence-electron chi connectivity index (χ4n) is 3.06. The van der Waals surface area contributed by atoms with Crippen LogP contribution in [0.25, 0.3) is 10.8 Å². The largest absolute Gasteiger partial charge is 0.355 e. The number of halogens is 2. The highest BCUT2D eigenvalue weighted by atomic mass is 19.1. The Labute approximate surface area is 179 Å². The zero-order chi connectivity index (χ0) is 22.7. The number of nitrogens with zero attached hydrogens (tertiary/aromatic N) is 3. The molecule has 0 aliphatic heterocycles. The second kappa shape index (κ2) is 8.60. The summed E-state index contributed by atoms with van der Waals surface area (Å²) in [6.07, 6.45) is 0.989. The molecule has 0 atom stereocenters. The molecule has 0 fully saturated rings. The van der Waals surface area contributed by atoms with Crippen molar-refractivity contribution in [1.29, 1.82) is 0 Å². The molecular weight excluding hydrogens is 422 g/mol. The molecule has 3 aromatic carbocycles. The van der Waals surface area contributed by atoms with Crippen molar-refractivity contribution in [3.63, 3.8) is 0 Å². The quantitative estimate of drug-likeness (QED) is 0.304. The molecule has 0 unspecified atom stereocenters. The molecule has 1 heterocycles. The van der Waals surface area contributed by atoms with Crippen LogP contribution >= 0.6 is 0 Å². The number of nitro groups is 1. The fourth-order valence-corrected chi connectivity index (χ4v) is 3.06. The lowest BCUT2D eigenvalue weighted by Crippen LogP contribution is -2.30. The van der Waals surface area contributed by atoms with Gasteiger partial charge in [0.25, 0.3) is 5.91 Å². The van der Waals surface area contributed by atoms with Gasteiger partial charge in [-0.2, -0.15) is 0 Å². The molecule has 0 aliphatic carbocycles. The predicted molar refractivity (Wildman–Crippen MR) is 113 cm³/mol. The molecule has 0 saturated carbocycles. The van der Waals surface area contributed by atoms with Crippen molar-refractivity contribution in [1.82, 2.24) is 15.4 Å². The predicted octanol–water partition coefficient (Wildman–Crippen LogP) is 4.32. The van der Waals surface area contributed by atoms with E-state index in [1.54, 1.807) is 24.3 Å². The monoisotopic (exact) mass is 436 g/mol. The van der Waals surface area contributed by atoms with Crippen LogP contribution in [0.15, 0.2) is 67.0 Å². The molecule has 4 aromatic rings. The maximum atomic E-state index is 14.0. The van der Waals surface area contributed by atoms with E-state index in [1.807, 2.05) is 18.2 Å². The summed E-state index contributed by atoms with van der Waals surface area (Å²) in [7, 11) is 0. The van der Waals surface area contributed by atoms with E-state index in [0.29, 0.717) is 17.0 Å². The van der Waals surface area contributed by atoms with E-state index in [-0.39, 0.29) is 17.3 Å².